The summed E-state index contributed by atoms with van der Waals surface area (Å²) in [5, 5.41) is 12.6. The molecule has 9 nitrogen and oxygen atoms in total. The van der Waals surface area contributed by atoms with Crippen molar-refractivity contribution in [2.45, 2.75) is 146 Å². The minimum absolute atomic E-state index is 0. The Bertz CT molecular complexity index is 1650. The summed E-state index contributed by atoms with van der Waals surface area (Å²) in [6.45, 7) is 19.0. The highest BCUT2D eigenvalue weighted by atomic mass is 32.1. The third-order valence-electron chi connectivity index (χ3n) is 15.7. The van der Waals surface area contributed by atoms with Crippen LogP contribution in [0.1, 0.15) is 138 Å². The van der Waals surface area contributed by atoms with Gasteiger partial charge in [-0.25, -0.2) is 4.98 Å². The van der Waals surface area contributed by atoms with Crippen molar-refractivity contribution in [3.8, 4) is 0 Å². The second kappa shape index (κ2) is 15.6. The molecule has 8 atom stereocenters. The molecule has 4 fully saturated rings. The van der Waals surface area contributed by atoms with E-state index in [0.717, 1.165) is 74.9 Å². The fraction of sp³-hybridized carbons (Fsp3) is 0.800. The Hall–Kier alpha value is -2.59. The van der Waals surface area contributed by atoms with Gasteiger partial charge in [-0.2, -0.15) is 0 Å². The van der Waals surface area contributed by atoms with Crippen molar-refractivity contribution in [3.63, 3.8) is 0 Å². The summed E-state index contributed by atoms with van der Waals surface area (Å²) in [6.07, 6.45) is 11.4. The quantitative estimate of drug-likeness (QED) is 0.209. The summed E-state index contributed by atoms with van der Waals surface area (Å²) in [5.41, 5.74) is 1.32. The van der Waals surface area contributed by atoms with Gasteiger partial charge in [-0.3, -0.25) is 24.1 Å². The lowest BCUT2D eigenvalue weighted by Crippen LogP contribution is -2.63. The molecule has 1 heterocycles. The third-order valence-corrected chi connectivity index (χ3v) is 16.5. The maximum Gasteiger partial charge on any atom is 0.309 e. The highest BCUT2D eigenvalue weighted by Crippen LogP contribution is 2.73. The average molecular weight is 782 g/mol. The number of rotatable bonds is 12. The number of aromatic nitrogens is 1. The van der Waals surface area contributed by atoms with E-state index >= 15 is 0 Å². The molecule has 0 radical (unpaired) electrons. The number of hydrogen-bond donors (Lipinski definition) is 1. The monoisotopic (exact) mass is 782 g/mol. The molecule has 0 saturated heterocycles. The van der Waals surface area contributed by atoms with E-state index in [1.165, 1.54) is 5.57 Å². The third kappa shape index (κ3) is 7.73. The van der Waals surface area contributed by atoms with E-state index in [4.69, 9.17) is 4.74 Å². The highest BCUT2D eigenvalue weighted by Gasteiger charge is 2.66. The smallest absolute Gasteiger partial charge is 0.309 e. The number of ketones is 1. The molecule has 308 valence electrons. The number of carbonyl (C=O) groups excluding carboxylic acids is 3. The van der Waals surface area contributed by atoms with E-state index < -0.39 is 17.4 Å². The van der Waals surface area contributed by atoms with E-state index in [1.807, 2.05) is 25.7 Å². The number of nitrogens with zero attached hydrogens (tertiary/aromatic N) is 3. The second-order valence-corrected chi connectivity index (χ2v) is 21.2. The van der Waals surface area contributed by atoms with Gasteiger partial charge in [0.2, 0.25) is 5.91 Å². The largest absolute Gasteiger partial charge is 0.481 e. The van der Waals surface area contributed by atoms with Crippen LogP contribution in [-0.2, 0) is 30.5 Å². The number of allylic oxidation sites excluding steroid dienone is 2. The van der Waals surface area contributed by atoms with Gasteiger partial charge in [0.25, 0.3) is 0 Å². The van der Waals surface area contributed by atoms with Gasteiger partial charge in [0.05, 0.1) is 24.9 Å². The Morgan fingerprint density at radius 3 is 2.31 bits per heavy atom. The van der Waals surface area contributed by atoms with Crippen LogP contribution < -0.4 is 0 Å². The fourth-order valence-corrected chi connectivity index (χ4v) is 13.7. The number of carbonyl (C=O) groups is 4. The first-order valence-electron chi connectivity index (χ1n) is 20.7. The molecule has 0 bridgehead atoms. The first-order valence-corrected chi connectivity index (χ1v) is 21.6. The number of carboxylic acids is 1. The summed E-state index contributed by atoms with van der Waals surface area (Å²) in [6, 6.07) is 0. The van der Waals surface area contributed by atoms with E-state index in [-0.39, 0.29) is 53.4 Å². The number of esters is 1. The molecule has 8 unspecified atom stereocenters. The van der Waals surface area contributed by atoms with Crippen LogP contribution >= 0.6 is 11.3 Å². The summed E-state index contributed by atoms with van der Waals surface area (Å²) in [4.78, 5) is 60.4. The molecule has 5 aliphatic rings. The van der Waals surface area contributed by atoms with Gasteiger partial charge >= 0.3 is 11.9 Å². The minimum Gasteiger partial charge on any atom is -0.481 e. The van der Waals surface area contributed by atoms with Crippen LogP contribution in [0.25, 0.3) is 0 Å². The van der Waals surface area contributed by atoms with Gasteiger partial charge < -0.3 is 14.7 Å². The summed E-state index contributed by atoms with van der Waals surface area (Å²) in [7, 11) is 3.63. The predicted molar refractivity (Wildman–Crippen MR) is 218 cm³/mol. The molecule has 1 amide bonds. The molecule has 0 aliphatic heterocycles. The number of thiazole rings is 1. The summed E-state index contributed by atoms with van der Waals surface area (Å²) < 4.78 is 6.17. The molecule has 4 saturated carbocycles. The van der Waals surface area contributed by atoms with Gasteiger partial charge in [-0.1, -0.05) is 54.5 Å². The Labute approximate surface area is 335 Å². The Morgan fingerprint density at radius 2 is 1.69 bits per heavy atom. The van der Waals surface area contributed by atoms with E-state index in [2.05, 4.69) is 51.4 Å². The van der Waals surface area contributed by atoms with Crippen LogP contribution in [0, 0.1) is 56.7 Å². The molecule has 55 heavy (non-hydrogen) atoms. The van der Waals surface area contributed by atoms with Crippen LogP contribution in [0.3, 0.4) is 0 Å². The molecule has 10 heteroatoms. The first-order chi connectivity index (χ1) is 25.2. The maximum absolute atomic E-state index is 14.1. The van der Waals surface area contributed by atoms with Crippen LogP contribution in [-0.4, -0.2) is 76.8 Å². The summed E-state index contributed by atoms with van der Waals surface area (Å²) >= 11 is 1.63. The van der Waals surface area contributed by atoms with E-state index in [0.29, 0.717) is 49.0 Å². The zero-order valence-corrected chi connectivity index (χ0v) is 35.6. The SMILES string of the molecule is C.CC(C)C1=C2C3CCC4C(C)(CCC5C(C)(C)C(OC(=O)CC(C)(C)C(=O)O)CCC54C)C3CCC2(CCN(CC(=O)N(C)C)Cc2nccs2)CC1=O. The van der Waals surface area contributed by atoms with Crippen LogP contribution in [0.4, 0.5) is 0 Å². The average Bonchev–Trinajstić information content (AvgIpc) is 3.69. The standard InChI is InChI=1S/C44H67N3O6S.CH4/c1-27(2)37-30(48)23-44(19-21-47(26-35(49)46(9)10)25-34-45-20-22-54-34)18-13-29-28(38(37)44)11-12-32-42(29,7)16-14-31-41(5,6)33(15-17-43(31,32)8)53-36(50)24-40(3,4)39(51)52;/h20,22,27-29,31-33H,11-19,21,23-26H2,1-10H3,(H,51,52);1H4. The highest BCUT2D eigenvalue weighted by molar-refractivity contribution is 7.09. The molecule has 1 aromatic rings. The maximum atomic E-state index is 14.1. The number of hydrogen-bond acceptors (Lipinski definition) is 8. The predicted octanol–water partition coefficient (Wildman–Crippen LogP) is 9.06. The number of Topliss-reactive ketones (excluding diaryl/α,β-unsaturated/α-hetero) is 1. The van der Waals surface area contributed by atoms with Gasteiger partial charge in [0.1, 0.15) is 11.1 Å². The molecule has 6 rings (SSSR count). The van der Waals surface area contributed by atoms with Crippen molar-refractivity contribution in [2.75, 3.05) is 27.2 Å². The molecule has 0 spiro atoms. The first kappa shape index (κ1) is 43.5. The zero-order valence-electron chi connectivity index (χ0n) is 34.8. The lowest BCUT2D eigenvalue weighted by molar-refractivity contribution is -0.214. The van der Waals surface area contributed by atoms with Crippen LogP contribution in [0.15, 0.2) is 22.7 Å². The molecule has 1 aromatic heterocycles. The number of aliphatic carboxylic acids is 1. The van der Waals surface area contributed by atoms with Gasteiger partial charge in [-0.05, 0) is 124 Å². The van der Waals surface area contributed by atoms with Gasteiger partial charge in [0, 0.05) is 42.9 Å². The normalized spacial score (nSPS) is 34.0. The molecule has 5 aliphatic carbocycles. The van der Waals surface area contributed by atoms with Crippen molar-refractivity contribution < 1.29 is 29.0 Å². The Kier molecular flexibility index (Phi) is 12.4. The van der Waals surface area contributed by atoms with Crippen molar-refractivity contribution in [1.29, 1.82) is 0 Å². The lowest BCUT2D eigenvalue weighted by Gasteiger charge is -2.69. The minimum atomic E-state index is -1.16. The topological polar surface area (TPSA) is 117 Å². The number of likely N-dealkylation sites (N-methyl/N-ethyl adjacent to an activating group) is 1. The zero-order chi connectivity index (χ0) is 39.6. The van der Waals surface area contributed by atoms with Crippen LogP contribution in [0.2, 0.25) is 0 Å². The fourth-order valence-electron chi connectivity index (χ4n) is 13.0. The van der Waals surface area contributed by atoms with Crippen LogP contribution in [0.5, 0.6) is 0 Å². The van der Waals surface area contributed by atoms with E-state index in [9.17, 15) is 24.3 Å². The molecular weight excluding hydrogens is 711 g/mol. The van der Waals surface area contributed by atoms with Gasteiger partial charge in [-0.15, -0.1) is 11.3 Å². The number of carboxylic acid groups (broad SMARTS) is 1. The van der Waals surface area contributed by atoms with Crippen molar-refractivity contribution in [1.82, 2.24) is 14.8 Å². The number of fused-ring (bicyclic) bond motifs is 7. The number of amides is 1. The Balaban J connectivity index is 0.00000580. The number of ether oxygens (including phenoxy) is 1. The van der Waals surface area contributed by atoms with Crippen molar-refractivity contribution in [3.05, 3.63) is 27.7 Å². The second-order valence-electron chi connectivity index (χ2n) is 20.2. The summed E-state index contributed by atoms with van der Waals surface area (Å²) in [5.74, 6) is 1.10. The molecular formula is C45H71N3O6S. The van der Waals surface area contributed by atoms with Gasteiger partial charge in [0.15, 0.2) is 5.78 Å². The molecule has 1 N–H and O–H groups in total. The lowest BCUT2D eigenvalue weighted by atomic mass is 9.36. The van der Waals surface area contributed by atoms with Crippen molar-refractivity contribution in [2.24, 2.45) is 56.7 Å². The van der Waals surface area contributed by atoms with E-state index in [1.54, 1.807) is 30.1 Å². The Morgan fingerprint density at radius 1 is 1.00 bits per heavy atom. The van der Waals surface area contributed by atoms with Crippen molar-refractivity contribution >= 4 is 35.0 Å². The molecule has 0 aromatic carbocycles.